The molecule has 0 aliphatic heterocycles. The fourth-order valence-electron chi connectivity index (χ4n) is 5.08. The molecule has 0 aromatic carbocycles. The quantitative estimate of drug-likeness (QED) is 0.742. The molecule has 0 atom stereocenters. The number of carbonyl (C=O) groups excluding carboxylic acids is 1. The molecule has 4 aliphatic rings. The van der Waals surface area contributed by atoms with E-state index in [0.29, 0.717) is 6.04 Å². The van der Waals surface area contributed by atoms with Crippen LogP contribution in [-0.2, 0) is 0 Å². The number of hydrogen-bond donors (Lipinski definition) is 2. The molecule has 0 unspecified atom stereocenters. The first-order valence-electron chi connectivity index (χ1n) is 8.66. The van der Waals surface area contributed by atoms with Gasteiger partial charge in [0.15, 0.2) is 0 Å². The van der Waals surface area contributed by atoms with Crippen molar-refractivity contribution < 1.29 is 4.79 Å². The van der Waals surface area contributed by atoms with Gasteiger partial charge in [-0.25, -0.2) is 4.79 Å². The molecule has 4 fully saturated rings. The molecule has 2 N–H and O–H groups in total. The van der Waals surface area contributed by atoms with Crippen LogP contribution in [0.5, 0.6) is 0 Å². The molecule has 0 aromatic heterocycles. The highest BCUT2D eigenvalue weighted by atomic mass is 16.2. The minimum absolute atomic E-state index is 0.0752. The third kappa shape index (κ3) is 3.12. The van der Waals surface area contributed by atoms with Gasteiger partial charge in [0, 0.05) is 12.6 Å². The molecule has 0 aromatic rings. The van der Waals surface area contributed by atoms with Crippen molar-refractivity contribution in [3.05, 3.63) is 0 Å². The van der Waals surface area contributed by atoms with Gasteiger partial charge in [0.2, 0.25) is 0 Å². The first kappa shape index (κ1) is 14.2. The fourth-order valence-corrected chi connectivity index (χ4v) is 5.08. The Morgan fingerprint density at radius 3 is 2.20 bits per heavy atom. The second kappa shape index (κ2) is 5.95. The van der Waals surface area contributed by atoms with Crippen LogP contribution < -0.4 is 10.6 Å². The Morgan fingerprint density at radius 2 is 1.65 bits per heavy atom. The minimum Gasteiger partial charge on any atom is -0.338 e. The molecule has 2 amide bonds. The van der Waals surface area contributed by atoms with Gasteiger partial charge in [-0.2, -0.15) is 0 Å². The van der Waals surface area contributed by atoms with E-state index in [-0.39, 0.29) is 6.03 Å². The third-order valence-corrected chi connectivity index (χ3v) is 5.77. The largest absolute Gasteiger partial charge is 0.338 e. The highest BCUT2D eigenvalue weighted by Gasteiger charge is 2.48. The first-order valence-corrected chi connectivity index (χ1v) is 8.66. The Labute approximate surface area is 123 Å². The first-order chi connectivity index (χ1) is 9.61. The maximum absolute atomic E-state index is 12.1. The normalized spacial score (nSPS) is 38.2. The molecule has 0 radical (unpaired) electrons. The molecular formula is C17H30N2O. The lowest BCUT2D eigenvalue weighted by Gasteiger charge is -2.54. The molecule has 4 aliphatic carbocycles. The average Bonchev–Trinajstić information content (AvgIpc) is 2.38. The lowest BCUT2D eigenvalue weighted by atomic mass is 9.54. The van der Waals surface area contributed by atoms with Gasteiger partial charge in [0.1, 0.15) is 0 Å². The maximum atomic E-state index is 12.1. The summed E-state index contributed by atoms with van der Waals surface area (Å²) in [5.41, 5.74) is 0. The van der Waals surface area contributed by atoms with E-state index in [1.54, 1.807) is 0 Å². The van der Waals surface area contributed by atoms with E-state index in [1.165, 1.54) is 38.5 Å². The van der Waals surface area contributed by atoms with Crippen molar-refractivity contribution in [2.24, 2.45) is 29.6 Å². The van der Waals surface area contributed by atoms with E-state index < -0.39 is 0 Å². The zero-order valence-corrected chi connectivity index (χ0v) is 13.0. The Balaban J connectivity index is 1.42. The summed E-state index contributed by atoms with van der Waals surface area (Å²) in [6.07, 6.45) is 9.22. The van der Waals surface area contributed by atoms with Crippen molar-refractivity contribution in [2.75, 3.05) is 6.54 Å². The van der Waals surface area contributed by atoms with Crippen LogP contribution in [0.1, 0.15) is 58.8 Å². The molecule has 0 heterocycles. The monoisotopic (exact) mass is 278 g/mol. The number of carbonyl (C=O) groups is 1. The summed E-state index contributed by atoms with van der Waals surface area (Å²) in [5, 5.41) is 6.35. The third-order valence-electron chi connectivity index (χ3n) is 5.77. The fraction of sp³-hybridized carbons (Fsp3) is 0.941. The predicted octanol–water partition coefficient (Wildman–Crippen LogP) is 3.55. The smallest absolute Gasteiger partial charge is 0.315 e. The highest BCUT2D eigenvalue weighted by molar-refractivity contribution is 5.74. The number of hydrogen-bond acceptors (Lipinski definition) is 1. The molecule has 4 saturated carbocycles. The second-order valence-electron chi connectivity index (χ2n) is 7.89. The van der Waals surface area contributed by atoms with E-state index in [1.807, 2.05) is 0 Å². The number of rotatable bonds is 5. The Kier molecular flexibility index (Phi) is 4.23. The Hall–Kier alpha value is -0.730. The zero-order valence-electron chi connectivity index (χ0n) is 13.0. The summed E-state index contributed by atoms with van der Waals surface area (Å²) in [4.78, 5) is 12.1. The van der Waals surface area contributed by atoms with Gasteiger partial charge in [-0.05, 0) is 74.5 Å². The van der Waals surface area contributed by atoms with Gasteiger partial charge in [-0.15, -0.1) is 0 Å². The van der Waals surface area contributed by atoms with Gasteiger partial charge in [-0.3, -0.25) is 0 Å². The van der Waals surface area contributed by atoms with E-state index in [2.05, 4.69) is 24.5 Å². The topological polar surface area (TPSA) is 41.1 Å². The van der Waals surface area contributed by atoms with Crippen molar-refractivity contribution in [3.63, 3.8) is 0 Å². The van der Waals surface area contributed by atoms with Crippen LogP contribution in [0, 0.1) is 29.6 Å². The zero-order chi connectivity index (χ0) is 14.1. The molecule has 4 rings (SSSR count). The molecule has 4 bridgehead atoms. The van der Waals surface area contributed by atoms with Crippen LogP contribution in [0.2, 0.25) is 0 Å². The molecule has 3 heteroatoms. The summed E-state index contributed by atoms with van der Waals surface area (Å²) in [7, 11) is 0. The van der Waals surface area contributed by atoms with Crippen LogP contribution in [0.15, 0.2) is 0 Å². The molecule has 20 heavy (non-hydrogen) atoms. The van der Waals surface area contributed by atoms with Crippen molar-refractivity contribution in [2.45, 2.75) is 64.8 Å². The van der Waals surface area contributed by atoms with Crippen molar-refractivity contribution in [3.8, 4) is 0 Å². The standard InChI is InChI=1S/C17H30N2O/c1-11(2)4-3-5-18-17(20)19-16-14-7-12-6-13(9-14)10-15(16)8-12/h11-16H,3-10H2,1-2H3,(H2,18,19,20). The Morgan fingerprint density at radius 1 is 1.05 bits per heavy atom. The van der Waals surface area contributed by atoms with Gasteiger partial charge < -0.3 is 10.6 Å². The summed E-state index contributed by atoms with van der Waals surface area (Å²) in [5.74, 6) is 4.22. The molecular weight excluding hydrogens is 248 g/mol. The molecule has 114 valence electrons. The molecule has 0 saturated heterocycles. The van der Waals surface area contributed by atoms with E-state index >= 15 is 0 Å². The number of nitrogens with one attached hydrogen (secondary N) is 2. The van der Waals surface area contributed by atoms with Crippen LogP contribution in [-0.4, -0.2) is 18.6 Å². The van der Waals surface area contributed by atoms with Gasteiger partial charge >= 0.3 is 6.03 Å². The van der Waals surface area contributed by atoms with Crippen LogP contribution >= 0.6 is 0 Å². The van der Waals surface area contributed by atoms with Gasteiger partial charge in [0.05, 0.1) is 0 Å². The van der Waals surface area contributed by atoms with E-state index in [9.17, 15) is 4.79 Å². The van der Waals surface area contributed by atoms with Crippen molar-refractivity contribution >= 4 is 6.03 Å². The Bertz CT molecular complexity index is 325. The predicted molar refractivity (Wildman–Crippen MR) is 81.4 cm³/mol. The molecule has 0 spiro atoms. The van der Waals surface area contributed by atoms with Crippen molar-refractivity contribution in [1.29, 1.82) is 0 Å². The summed E-state index contributed by atoms with van der Waals surface area (Å²) >= 11 is 0. The van der Waals surface area contributed by atoms with Crippen molar-refractivity contribution in [1.82, 2.24) is 10.6 Å². The lowest BCUT2D eigenvalue weighted by molar-refractivity contribution is -0.00940. The maximum Gasteiger partial charge on any atom is 0.315 e. The van der Waals surface area contributed by atoms with Gasteiger partial charge in [-0.1, -0.05) is 13.8 Å². The van der Waals surface area contributed by atoms with E-state index in [4.69, 9.17) is 0 Å². The molecule has 3 nitrogen and oxygen atoms in total. The second-order valence-corrected chi connectivity index (χ2v) is 7.89. The summed E-state index contributed by atoms with van der Waals surface area (Å²) in [6.45, 7) is 5.28. The van der Waals surface area contributed by atoms with Crippen LogP contribution in [0.3, 0.4) is 0 Å². The SMILES string of the molecule is CC(C)CCCNC(=O)NC1C2CC3CC(C2)CC1C3. The number of amides is 2. The van der Waals surface area contributed by atoms with E-state index in [0.717, 1.165) is 42.6 Å². The average molecular weight is 278 g/mol. The highest BCUT2D eigenvalue weighted by Crippen LogP contribution is 2.53. The summed E-state index contributed by atoms with van der Waals surface area (Å²) in [6, 6.07) is 0.541. The minimum atomic E-state index is 0.0752. The lowest BCUT2D eigenvalue weighted by Crippen LogP contribution is -2.57. The number of urea groups is 1. The van der Waals surface area contributed by atoms with Crippen LogP contribution in [0.25, 0.3) is 0 Å². The van der Waals surface area contributed by atoms with Gasteiger partial charge in [0.25, 0.3) is 0 Å². The summed E-state index contributed by atoms with van der Waals surface area (Å²) < 4.78 is 0. The van der Waals surface area contributed by atoms with Crippen LogP contribution in [0.4, 0.5) is 4.79 Å².